The van der Waals surface area contributed by atoms with Crippen molar-refractivity contribution in [2.75, 3.05) is 32.0 Å². The van der Waals surface area contributed by atoms with Crippen molar-refractivity contribution in [1.82, 2.24) is 4.90 Å². The van der Waals surface area contributed by atoms with E-state index in [0.29, 0.717) is 9.49 Å². The standard InChI is InChI=1S/C13H18IN3O2/c1-16-6-2-3-10(9-16)8-15-11-4-5-13(17(18)19)12(14)7-11/h4-5,7,10,15H,2-3,6,8-9H2,1H3. The van der Waals surface area contributed by atoms with Crippen LogP contribution in [0.3, 0.4) is 0 Å². The van der Waals surface area contributed by atoms with Crippen molar-refractivity contribution in [3.8, 4) is 0 Å². The minimum atomic E-state index is -0.346. The van der Waals surface area contributed by atoms with Crippen molar-refractivity contribution in [3.63, 3.8) is 0 Å². The molecule has 1 aromatic carbocycles. The van der Waals surface area contributed by atoms with Crippen LogP contribution in [0.15, 0.2) is 18.2 Å². The summed E-state index contributed by atoms with van der Waals surface area (Å²) in [4.78, 5) is 12.8. The van der Waals surface area contributed by atoms with Gasteiger partial charge in [-0.2, -0.15) is 0 Å². The van der Waals surface area contributed by atoms with Gasteiger partial charge in [0.25, 0.3) is 5.69 Å². The minimum absolute atomic E-state index is 0.170. The molecule has 1 atom stereocenters. The predicted molar refractivity (Wildman–Crippen MR) is 84.5 cm³/mol. The highest BCUT2D eigenvalue weighted by molar-refractivity contribution is 14.1. The number of nitro benzene ring substituents is 1. The topological polar surface area (TPSA) is 58.4 Å². The molecule has 1 aromatic rings. The lowest BCUT2D eigenvalue weighted by Crippen LogP contribution is -2.35. The van der Waals surface area contributed by atoms with Crippen molar-refractivity contribution in [1.29, 1.82) is 0 Å². The Morgan fingerprint density at radius 2 is 2.37 bits per heavy atom. The summed E-state index contributed by atoms with van der Waals surface area (Å²) in [5, 5.41) is 14.1. The maximum absolute atomic E-state index is 10.7. The Morgan fingerprint density at radius 1 is 1.58 bits per heavy atom. The van der Waals surface area contributed by atoms with Crippen LogP contribution in [0.2, 0.25) is 0 Å². The highest BCUT2D eigenvalue weighted by Crippen LogP contribution is 2.24. The molecule has 1 heterocycles. The summed E-state index contributed by atoms with van der Waals surface area (Å²) in [5.74, 6) is 0.659. The normalized spacial score (nSPS) is 20.2. The minimum Gasteiger partial charge on any atom is -0.385 e. The number of nitrogens with one attached hydrogen (secondary N) is 1. The average molecular weight is 375 g/mol. The number of nitrogens with zero attached hydrogens (tertiary/aromatic N) is 2. The maximum atomic E-state index is 10.7. The van der Waals surface area contributed by atoms with Gasteiger partial charge in [-0.25, -0.2) is 0 Å². The molecule has 5 nitrogen and oxygen atoms in total. The number of rotatable bonds is 4. The van der Waals surface area contributed by atoms with Crippen LogP contribution >= 0.6 is 22.6 Å². The zero-order valence-corrected chi connectivity index (χ0v) is 13.1. The number of piperidine rings is 1. The monoisotopic (exact) mass is 375 g/mol. The van der Waals surface area contributed by atoms with Crippen molar-refractivity contribution in [2.24, 2.45) is 5.92 Å². The molecule has 0 aromatic heterocycles. The first-order chi connectivity index (χ1) is 9.06. The van der Waals surface area contributed by atoms with E-state index in [2.05, 4.69) is 17.3 Å². The van der Waals surface area contributed by atoms with Gasteiger partial charge in [-0.05, 0) is 67.1 Å². The fourth-order valence-corrected chi connectivity index (χ4v) is 3.18. The van der Waals surface area contributed by atoms with Crippen LogP contribution in [0.4, 0.5) is 11.4 Å². The molecule has 1 N–H and O–H groups in total. The largest absolute Gasteiger partial charge is 0.385 e. The van der Waals surface area contributed by atoms with Gasteiger partial charge >= 0.3 is 0 Å². The van der Waals surface area contributed by atoms with E-state index >= 15 is 0 Å². The summed E-state index contributed by atoms with van der Waals surface area (Å²) in [6.07, 6.45) is 2.50. The fraction of sp³-hybridized carbons (Fsp3) is 0.538. The number of benzene rings is 1. The molecular formula is C13H18IN3O2. The number of likely N-dealkylation sites (tertiary alicyclic amines) is 1. The van der Waals surface area contributed by atoms with Gasteiger partial charge in [0, 0.05) is 24.8 Å². The summed E-state index contributed by atoms with van der Waals surface area (Å²) >= 11 is 2.01. The molecule has 0 radical (unpaired) electrons. The van der Waals surface area contributed by atoms with Crippen molar-refractivity contribution >= 4 is 34.0 Å². The van der Waals surface area contributed by atoms with Gasteiger partial charge in [0.2, 0.25) is 0 Å². The number of hydrogen-bond donors (Lipinski definition) is 1. The van der Waals surface area contributed by atoms with Gasteiger partial charge < -0.3 is 10.2 Å². The maximum Gasteiger partial charge on any atom is 0.282 e. The summed E-state index contributed by atoms with van der Waals surface area (Å²) in [5.41, 5.74) is 1.13. The van der Waals surface area contributed by atoms with E-state index in [1.165, 1.54) is 19.4 Å². The predicted octanol–water partition coefficient (Wildman–Crippen LogP) is 2.95. The third kappa shape index (κ3) is 4.04. The third-order valence-electron chi connectivity index (χ3n) is 3.46. The van der Waals surface area contributed by atoms with Crippen LogP contribution in [0.1, 0.15) is 12.8 Å². The molecule has 2 rings (SSSR count). The Kier molecular flexibility index (Phi) is 4.98. The summed E-state index contributed by atoms with van der Waals surface area (Å²) in [6.45, 7) is 3.24. The van der Waals surface area contributed by atoms with Gasteiger partial charge in [-0.3, -0.25) is 10.1 Å². The van der Waals surface area contributed by atoms with Crippen LogP contribution in [-0.4, -0.2) is 36.5 Å². The molecule has 1 unspecified atom stereocenters. The lowest BCUT2D eigenvalue weighted by molar-refractivity contribution is -0.385. The number of anilines is 1. The molecule has 1 saturated heterocycles. The molecule has 0 saturated carbocycles. The van der Waals surface area contributed by atoms with E-state index in [-0.39, 0.29) is 10.6 Å². The summed E-state index contributed by atoms with van der Waals surface area (Å²) in [6, 6.07) is 5.19. The highest BCUT2D eigenvalue weighted by Gasteiger charge is 2.17. The zero-order chi connectivity index (χ0) is 13.8. The van der Waals surface area contributed by atoms with Crippen LogP contribution < -0.4 is 5.32 Å². The second kappa shape index (κ2) is 6.51. The Labute approximate surface area is 126 Å². The third-order valence-corrected chi connectivity index (χ3v) is 4.33. The van der Waals surface area contributed by atoms with E-state index in [4.69, 9.17) is 0 Å². The lowest BCUT2D eigenvalue weighted by Gasteiger charge is -2.29. The summed E-state index contributed by atoms with van der Waals surface area (Å²) in [7, 11) is 2.15. The Morgan fingerprint density at radius 3 is 3.00 bits per heavy atom. The van der Waals surface area contributed by atoms with E-state index in [1.807, 2.05) is 28.7 Å². The molecule has 1 aliphatic rings. The first-order valence-corrected chi connectivity index (χ1v) is 7.50. The summed E-state index contributed by atoms with van der Waals surface area (Å²) < 4.78 is 0.674. The highest BCUT2D eigenvalue weighted by atomic mass is 127. The van der Waals surface area contributed by atoms with Gasteiger partial charge in [-0.15, -0.1) is 0 Å². The second-order valence-electron chi connectivity index (χ2n) is 5.07. The second-order valence-corrected chi connectivity index (χ2v) is 6.24. The van der Waals surface area contributed by atoms with Crippen molar-refractivity contribution in [2.45, 2.75) is 12.8 Å². The Hall–Kier alpha value is -0.890. The molecule has 0 aliphatic carbocycles. The fourth-order valence-electron chi connectivity index (χ4n) is 2.47. The van der Waals surface area contributed by atoms with Crippen LogP contribution in [0, 0.1) is 19.6 Å². The molecule has 104 valence electrons. The van der Waals surface area contributed by atoms with Gasteiger partial charge in [-0.1, -0.05) is 0 Å². The SMILES string of the molecule is CN1CCCC(CNc2ccc([N+](=O)[O-])c(I)c2)C1. The van der Waals surface area contributed by atoms with Gasteiger partial charge in [0.15, 0.2) is 0 Å². The number of nitro groups is 1. The molecule has 19 heavy (non-hydrogen) atoms. The van der Waals surface area contributed by atoms with Crippen molar-refractivity contribution in [3.05, 3.63) is 31.9 Å². The smallest absolute Gasteiger partial charge is 0.282 e. The Bertz CT molecular complexity index is 467. The molecule has 0 bridgehead atoms. The van der Waals surface area contributed by atoms with Crippen LogP contribution in [0.25, 0.3) is 0 Å². The average Bonchev–Trinajstić information content (AvgIpc) is 2.36. The van der Waals surface area contributed by atoms with E-state index < -0.39 is 0 Å². The van der Waals surface area contributed by atoms with Gasteiger partial charge in [0.05, 0.1) is 8.49 Å². The Balaban J connectivity index is 1.92. The van der Waals surface area contributed by atoms with Crippen molar-refractivity contribution < 1.29 is 4.92 Å². The molecule has 0 spiro atoms. The molecule has 0 amide bonds. The number of halogens is 1. The molecule has 6 heteroatoms. The molecule has 1 aliphatic heterocycles. The first-order valence-electron chi connectivity index (χ1n) is 6.42. The molecule has 1 fully saturated rings. The van der Waals surface area contributed by atoms with Gasteiger partial charge in [0.1, 0.15) is 0 Å². The molecular weight excluding hydrogens is 357 g/mol. The quantitative estimate of drug-likeness (QED) is 0.500. The lowest BCUT2D eigenvalue weighted by atomic mass is 9.98. The number of hydrogen-bond acceptors (Lipinski definition) is 4. The van der Waals surface area contributed by atoms with Crippen LogP contribution in [0.5, 0.6) is 0 Å². The zero-order valence-electron chi connectivity index (χ0n) is 10.9. The van der Waals surface area contributed by atoms with Crippen LogP contribution in [-0.2, 0) is 0 Å². The van der Waals surface area contributed by atoms with E-state index in [0.717, 1.165) is 18.8 Å². The van der Waals surface area contributed by atoms with E-state index in [1.54, 1.807) is 12.1 Å². The first kappa shape index (κ1) is 14.5. The van der Waals surface area contributed by atoms with E-state index in [9.17, 15) is 10.1 Å².